The van der Waals surface area contributed by atoms with Gasteiger partial charge < -0.3 is 4.98 Å². The molecule has 1 fully saturated rings. The molecule has 0 aliphatic heterocycles. The van der Waals surface area contributed by atoms with Gasteiger partial charge in [-0.15, -0.1) is 0 Å². The lowest BCUT2D eigenvalue weighted by Gasteiger charge is -2.18. The Morgan fingerprint density at radius 2 is 2.18 bits per heavy atom. The average molecular weight is 232 g/mol. The molecule has 2 aliphatic rings. The third kappa shape index (κ3) is 1.59. The van der Waals surface area contributed by atoms with Crippen LogP contribution in [0.2, 0.25) is 0 Å². The molecule has 90 valence electrons. The molecule has 1 aromatic heterocycles. The van der Waals surface area contributed by atoms with Crippen molar-refractivity contribution in [2.45, 2.75) is 32.2 Å². The molecule has 0 spiro atoms. The Balaban J connectivity index is 2.03. The first-order valence-electron chi connectivity index (χ1n) is 6.21. The van der Waals surface area contributed by atoms with Crippen LogP contribution >= 0.6 is 0 Å². The largest absolute Gasteiger partial charge is 0.328 e. The first kappa shape index (κ1) is 10.6. The number of H-pyrrole nitrogens is 1. The lowest BCUT2D eigenvalue weighted by Crippen LogP contribution is -2.35. The number of nitrogens with one attached hydrogen (secondary N) is 1. The maximum Gasteiger partial charge on any atom is 0.328 e. The molecule has 17 heavy (non-hydrogen) atoms. The van der Waals surface area contributed by atoms with Crippen molar-refractivity contribution in [3.63, 3.8) is 0 Å². The summed E-state index contributed by atoms with van der Waals surface area (Å²) in [5.74, 6) is 1.48. The number of aromatic amines is 1. The van der Waals surface area contributed by atoms with Crippen LogP contribution in [0, 0.1) is 11.8 Å². The summed E-state index contributed by atoms with van der Waals surface area (Å²) in [5.41, 5.74) is 0.362. The Morgan fingerprint density at radius 3 is 2.71 bits per heavy atom. The predicted octanol–water partition coefficient (Wildman–Crippen LogP) is 1.24. The minimum atomic E-state index is -0.276. The van der Waals surface area contributed by atoms with Crippen molar-refractivity contribution < 1.29 is 0 Å². The average Bonchev–Trinajstić information content (AvgIpc) is 2.90. The zero-order valence-electron chi connectivity index (χ0n) is 9.85. The van der Waals surface area contributed by atoms with Crippen LogP contribution < -0.4 is 11.2 Å². The number of fused-ring (bicyclic) bond motifs is 2. The maximum absolute atomic E-state index is 11.8. The van der Waals surface area contributed by atoms with Gasteiger partial charge in [-0.25, -0.2) is 4.79 Å². The van der Waals surface area contributed by atoms with Gasteiger partial charge in [0.2, 0.25) is 0 Å². The van der Waals surface area contributed by atoms with Crippen LogP contribution in [-0.2, 0) is 6.54 Å². The fraction of sp³-hybridized carbons (Fsp3) is 0.538. The molecule has 3 atom stereocenters. The van der Waals surface area contributed by atoms with Crippen molar-refractivity contribution in [3.8, 4) is 0 Å². The molecular formula is C13H16N2O2. The molecule has 1 heterocycles. The topological polar surface area (TPSA) is 54.9 Å². The Hall–Kier alpha value is -1.58. The summed E-state index contributed by atoms with van der Waals surface area (Å²) in [4.78, 5) is 26.4. The lowest BCUT2D eigenvalue weighted by atomic mass is 9.90. The quantitative estimate of drug-likeness (QED) is 0.780. The Morgan fingerprint density at radius 1 is 1.35 bits per heavy atom. The van der Waals surface area contributed by atoms with Crippen LogP contribution in [0.15, 0.2) is 27.8 Å². The normalized spacial score (nSPS) is 30.1. The predicted molar refractivity (Wildman–Crippen MR) is 65.1 cm³/mol. The van der Waals surface area contributed by atoms with E-state index in [2.05, 4.69) is 17.1 Å². The standard InChI is InChI=1S/C13H16N2O2/c1-2-15-12(16)7-11(14-13(15)17)10-6-8-3-4-9(10)5-8/h3-4,7-10H,2,5-6H2,1H3,(H,14,17). The summed E-state index contributed by atoms with van der Waals surface area (Å²) in [6.07, 6.45) is 6.71. The molecule has 4 nitrogen and oxygen atoms in total. The van der Waals surface area contributed by atoms with Crippen molar-refractivity contribution in [1.82, 2.24) is 9.55 Å². The molecule has 0 amide bonds. The van der Waals surface area contributed by atoms with Crippen molar-refractivity contribution in [2.75, 3.05) is 0 Å². The summed E-state index contributed by atoms with van der Waals surface area (Å²) in [6, 6.07) is 1.60. The van der Waals surface area contributed by atoms with Crippen LogP contribution in [0.5, 0.6) is 0 Å². The molecule has 3 unspecified atom stereocenters. The molecule has 0 aromatic carbocycles. The van der Waals surface area contributed by atoms with Gasteiger partial charge in [-0.05, 0) is 31.6 Å². The molecule has 1 aromatic rings. The van der Waals surface area contributed by atoms with Gasteiger partial charge >= 0.3 is 5.69 Å². The van der Waals surface area contributed by atoms with Crippen LogP contribution in [0.3, 0.4) is 0 Å². The van der Waals surface area contributed by atoms with Gasteiger partial charge in [0.25, 0.3) is 5.56 Å². The zero-order chi connectivity index (χ0) is 12.0. The summed E-state index contributed by atoms with van der Waals surface area (Å²) in [6.45, 7) is 2.22. The molecule has 2 aliphatic carbocycles. The van der Waals surface area contributed by atoms with Gasteiger partial charge in [-0.2, -0.15) is 0 Å². The van der Waals surface area contributed by atoms with Crippen LogP contribution in [-0.4, -0.2) is 9.55 Å². The van der Waals surface area contributed by atoms with Crippen LogP contribution in [0.4, 0.5) is 0 Å². The van der Waals surface area contributed by atoms with E-state index >= 15 is 0 Å². The van der Waals surface area contributed by atoms with E-state index < -0.39 is 0 Å². The Bertz CT molecular complexity index is 551. The second kappa shape index (κ2) is 3.72. The third-order valence-corrected chi connectivity index (χ3v) is 4.04. The summed E-state index contributed by atoms with van der Waals surface area (Å²) < 4.78 is 1.23. The van der Waals surface area contributed by atoms with E-state index in [9.17, 15) is 9.59 Å². The van der Waals surface area contributed by atoms with E-state index in [0.29, 0.717) is 24.3 Å². The van der Waals surface area contributed by atoms with Gasteiger partial charge in [0, 0.05) is 24.2 Å². The molecule has 0 radical (unpaired) electrons. The second-order valence-electron chi connectivity index (χ2n) is 5.00. The molecule has 1 saturated carbocycles. The van der Waals surface area contributed by atoms with Crippen molar-refractivity contribution in [2.24, 2.45) is 11.8 Å². The molecule has 3 rings (SSSR count). The fourth-order valence-corrected chi connectivity index (χ4v) is 3.18. The third-order valence-electron chi connectivity index (χ3n) is 4.04. The van der Waals surface area contributed by atoms with Crippen LogP contribution in [0.1, 0.15) is 31.4 Å². The second-order valence-corrected chi connectivity index (χ2v) is 5.00. The highest BCUT2D eigenvalue weighted by Crippen LogP contribution is 2.47. The number of rotatable bonds is 2. The van der Waals surface area contributed by atoms with Gasteiger partial charge in [-0.1, -0.05) is 12.2 Å². The highest BCUT2D eigenvalue weighted by atomic mass is 16.2. The number of aromatic nitrogens is 2. The van der Waals surface area contributed by atoms with Gasteiger partial charge in [-0.3, -0.25) is 9.36 Å². The summed E-state index contributed by atoms with van der Waals surface area (Å²) in [7, 11) is 0. The Labute approximate surface area is 99.0 Å². The molecule has 4 heteroatoms. The maximum atomic E-state index is 11.8. The monoisotopic (exact) mass is 232 g/mol. The Kier molecular flexibility index (Phi) is 2.31. The van der Waals surface area contributed by atoms with Gasteiger partial charge in [0.1, 0.15) is 0 Å². The first-order chi connectivity index (χ1) is 8.19. The van der Waals surface area contributed by atoms with E-state index in [1.54, 1.807) is 13.0 Å². The molecule has 0 saturated heterocycles. The number of hydrogen-bond acceptors (Lipinski definition) is 2. The number of hydrogen-bond donors (Lipinski definition) is 1. The number of allylic oxidation sites excluding steroid dienone is 2. The minimum Gasteiger partial charge on any atom is -0.311 e. The highest BCUT2D eigenvalue weighted by molar-refractivity contribution is 5.21. The van der Waals surface area contributed by atoms with Crippen molar-refractivity contribution in [1.29, 1.82) is 0 Å². The van der Waals surface area contributed by atoms with E-state index in [4.69, 9.17) is 0 Å². The lowest BCUT2D eigenvalue weighted by molar-refractivity contribution is 0.553. The SMILES string of the molecule is CCn1c(=O)cc(C2CC3C=CC2C3)[nH]c1=O. The summed E-state index contributed by atoms with van der Waals surface area (Å²) in [5, 5.41) is 0. The summed E-state index contributed by atoms with van der Waals surface area (Å²) >= 11 is 0. The zero-order valence-corrected chi connectivity index (χ0v) is 9.85. The van der Waals surface area contributed by atoms with Crippen molar-refractivity contribution >= 4 is 0 Å². The number of nitrogens with zero attached hydrogens (tertiary/aromatic N) is 1. The van der Waals surface area contributed by atoms with E-state index in [1.165, 1.54) is 11.0 Å². The van der Waals surface area contributed by atoms with Gasteiger partial charge in [0.05, 0.1) is 0 Å². The first-order valence-corrected chi connectivity index (χ1v) is 6.21. The smallest absolute Gasteiger partial charge is 0.311 e. The van der Waals surface area contributed by atoms with E-state index in [-0.39, 0.29) is 11.2 Å². The van der Waals surface area contributed by atoms with E-state index in [0.717, 1.165) is 12.1 Å². The molecule has 1 N–H and O–H groups in total. The fourth-order valence-electron chi connectivity index (χ4n) is 3.18. The minimum absolute atomic E-state index is 0.182. The van der Waals surface area contributed by atoms with Gasteiger partial charge in [0.15, 0.2) is 0 Å². The van der Waals surface area contributed by atoms with Crippen molar-refractivity contribution in [3.05, 3.63) is 44.8 Å². The highest BCUT2D eigenvalue weighted by Gasteiger charge is 2.37. The molecular weight excluding hydrogens is 216 g/mol. The van der Waals surface area contributed by atoms with Crippen LogP contribution in [0.25, 0.3) is 0 Å². The molecule has 2 bridgehead atoms. The van der Waals surface area contributed by atoms with E-state index in [1.807, 2.05) is 0 Å².